The lowest BCUT2D eigenvalue weighted by Gasteiger charge is -2.27. The molecule has 0 radical (unpaired) electrons. The Morgan fingerprint density at radius 1 is 1.27 bits per heavy atom. The second kappa shape index (κ2) is 7.09. The number of rotatable bonds is 3. The van der Waals surface area contributed by atoms with Gasteiger partial charge in [0.05, 0.1) is 27.3 Å². The lowest BCUT2D eigenvalue weighted by Crippen LogP contribution is -2.40. The van der Waals surface area contributed by atoms with Gasteiger partial charge in [0.25, 0.3) is 0 Å². The Hall–Kier alpha value is -2.38. The van der Waals surface area contributed by atoms with Crippen LogP contribution in [0.3, 0.4) is 0 Å². The van der Waals surface area contributed by atoms with Crippen molar-refractivity contribution >= 4 is 56.5 Å². The second-order valence-electron chi connectivity index (χ2n) is 6.12. The minimum absolute atomic E-state index is 0.0225. The van der Waals surface area contributed by atoms with E-state index < -0.39 is 0 Å². The number of nitrogens with zero attached hydrogens (tertiary/aromatic N) is 2. The Bertz CT molecular complexity index is 953. The number of benzene rings is 2. The van der Waals surface area contributed by atoms with Crippen LogP contribution in [0, 0.1) is 0 Å². The molecule has 0 aliphatic carbocycles. The molecule has 0 spiro atoms. The Labute approximate surface area is 159 Å². The van der Waals surface area contributed by atoms with Crippen LogP contribution in [0.15, 0.2) is 52.9 Å². The van der Waals surface area contributed by atoms with Gasteiger partial charge in [0.2, 0.25) is 11.8 Å². The molecule has 1 aliphatic rings. The molecule has 0 fully saturated rings. The highest BCUT2D eigenvalue weighted by molar-refractivity contribution is 8.01. The molecule has 0 saturated heterocycles. The minimum atomic E-state index is -0.192. The van der Waals surface area contributed by atoms with E-state index in [1.807, 2.05) is 55.5 Å². The number of hydrogen-bond acceptors (Lipinski definition) is 5. The molecule has 1 N–H and O–H groups in total. The Kier molecular flexibility index (Phi) is 4.65. The van der Waals surface area contributed by atoms with Crippen LogP contribution in [0.4, 0.5) is 11.4 Å². The molecule has 132 valence electrons. The van der Waals surface area contributed by atoms with Crippen molar-refractivity contribution in [1.82, 2.24) is 4.98 Å². The fourth-order valence-electron chi connectivity index (χ4n) is 3.07. The third-order valence-electron chi connectivity index (χ3n) is 4.22. The van der Waals surface area contributed by atoms with Crippen molar-refractivity contribution < 1.29 is 9.59 Å². The summed E-state index contributed by atoms with van der Waals surface area (Å²) in [7, 11) is 0. The number of anilines is 2. The quantitative estimate of drug-likeness (QED) is 0.690. The number of amides is 2. The highest BCUT2D eigenvalue weighted by Gasteiger charge is 2.29. The van der Waals surface area contributed by atoms with Gasteiger partial charge in [-0.15, -0.1) is 11.3 Å². The summed E-state index contributed by atoms with van der Waals surface area (Å²) < 4.78 is 2.00. The number of fused-ring (bicyclic) bond motifs is 2. The molecular weight excluding hydrogens is 366 g/mol. The first-order chi connectivity index (χ1) is 12.6. The summed E-state index contributed by atoms with van der Waals surface area (Å²) in [6.45, 7) is 1.90. The van der Waals surface area contributed by atoms with Gasteiger partial charge in [0.1, 0.15) is 0 Å². The van der Waals surface area contributed by atoms with Crippen LogP contribution in [0.5, 0.6) is 0 Å². The molecule has 26 heavy (non-hydrogen) atoms. The van der Waals surface area contributed by atoms with Gasteiger partial charge in [-0.1, -0.05) is 36.0 Å². The number of carbonyl (C=O) groups excluding carboxylic acids is 2. The zero-order valence-corrected chi connectivity index (χ0v) is 15.8. The van der Waals surface area contributed by atoms with Crippen molar-refractivity contribution in [2.75, 3.05) is 16.0 Å². The van der Waals surface area contributed by atoms with E-state index in [1.54, 1.807) is 16.2 Å². The Morgan fingerprint density at radius 3 is 2.88 bits per heavy atom. The highest BCUT2D eigenvalue weighted by atomic mass is 32.2. The highest BCUT2D eigenvalue weighted by Crippen LogP contribution is 2.33. The zero-order chi connectivity index (χ0) is 18.1. The van der Waals surface area contributed by atoms with Crippen LogP contribution in [0.2, 0.25) is 0 Å². The van der Waals surface area contributed by atoms with Crippen molar-refractivity contribution in [3.63, 3.8) is 0 Å². The first kappa shape index (κ1) is 17.1. The predicted octanol–water partition coefficient (Wildman–Crippen LogP) is 4.15. The van der Waals surface area contributed by atoms with Crippen LogP contribution in [-0.4, -0.2) is 28.6 Å². The topological polar surface area (TPSA) is 62.3 Å². The van der Waals surface area contributed by atoms with E-state index in [2.05, 4.69) is 10.3 Å². The maximum atomic E-state index is 13.0. The fourth-order valence-corrected chi connectivity index (χ4v) is 5.00. The van der Waals surface area contributed by atoms with Gasteiger partial charge in [0, 0.05) is 12.5 Å². The van der Waals surface area contributed by atoms with E-state index in [4.69, 9.17) is 0 Å². The molecule has 4 rings (SSSR count). The first-order valence-electron chi connectivity index (χ1n) is 8.31. The fraction of sp³-hybridized carbons (Fsp3) is 0.211. The van der Waals surface area contributed by atoms with E-state index in [0.29, 0.717) is 5.69 Å². The van der Waals surface area contributed by atoms with E-state index >= 15 is 0 Å². The van der Waals surface area contributed by atoms with Crippen LogP contribution < -0.4 is 10.2 Å². The normalized spacial score (nSPS) is 16.9. The monoisotopic (exact) mass is 383 g/mol. The molecule has 2 heterocycles. The van der Waals surface area contributed by atoms with Crippen LogP contribution in [0.1, 0.15) is 13.3 Å². The molecule has 1 aromatic heterocycles. The van der Waals surface area contributed by atoms with E-state index in [-0.39, 0.29) is 30.0 Å². The van der Waals surface area contributed by atoms with E-state index in [1.165, 1.54) is 11.8 Å². The van der Waals surface area contributed by atoms with Crippen LogP contribution in [-0.2, 0) is 9.59 Å². The maximum absolute atomic E-state index is 13.0. The van der Waals surface area contributed by atoms with Crippen LogP contribution in [0.25, 0.3) is 10.2 Å². The number of aromatic nitrogens is 1. The zero-order valence-electron chi connectivity index (χ0n) is 14.1. The third kappa shape index (κ3) is 3.32. The Morgan fingerprint density at radius 2 is 2.04 bits per heavy atom. The van der Waals surface area contributed by atoms with Gasteiger partial charge >= 0.3 is 0 Å². The summed E-state index contributed by atoms with van der Waals surface area (Å²) in [4.78, 5) is 31.3. The summed E-state index contributed by atoms with van der Waals surface area (Å²) >= 11 is 3.03. The van der Waals surface area contributed by atoms with Crippen molar-refractivity contribution in [3.05, 3.63) is 48.5 Å². The molecule has 0 saturated carbocycles. The third-order valence-corrected chi connectivity index (χ3v) is 6.39. The average molecular weight is 383 g/mol. The van der Waals surface area contributed by atoms with Gasteiger partial charge < -0.3 is 10.2 Å². The first-order valence-corrected chi connectivity index (χ1v) is 10.1. The van der Waals surface area contributed by atoms with E-state index in [9.17, 15) is 9.59 Å². The summed E-state index contributed by atoms with van der Waals surface area (Å²) in [5.41, 5.74) is 2.39. The van der Waals surface area contributed by atoms with Gasteiger partial charge in [-0.25, -0.2) is 4.98 Å². The molecule has 1 atom stereocenters. The Balaban J connectivity index is 1.55. The summed E-state index contributed by atoms with van der Waals surface area (Å²) in [5.74, 6) is 0.192. The van der Waals surface area contributed by atoms with Crippen molar-refractivity contribution in [2.45, 2.75) is 23.7 Å². The number of thiazole rings is 1. The molecular formula is C19H17N3O2S2. The molecule has 0 bridgehead atoms. The molecule has 2 aromatic carbocycles. The van der Waals surface area contributed by atoms with Crippen molar-refractivity contribution in [1.29, 1.82) is 0 Å². The summed E-state index contributed by atoms with van der Waals surface area (Å²) in [6.07, 6.45) is 0.284. The number of hydrogen-bond donors (Lipinski definition) is 1. The van der Waals surface area contributed by atoms with Gasteiger partial charge in [-0.05, 0) is 31.2 Å². The molecule has 3 aromatic rings. The SMILES string of the molecule is CC1CC(=O)Nc2ccccc2N1C(=O)CSc1nc2ccccc2s1. The molecule has 1 unspecified atom stereocenters. The van der Waals surface area contributed by atoms with E-state index in [0.717, 1.165) is 20.2 Å². The largest absolute Gasteiger partial charge is 0.324 e. The number of carbonyl (C=O) groups is 2. The standard InChI is InChI=1S/C19H17N3O2S2/c1-12-10-17(23)20-13-6-2-4-8-15(13)22(12)18(24)11-25-19-21-14-7-3-5-9-16(14)26-19/h2-9,12H,10-11H2,1H3,(H,20,23). The van der Waals surface area contributed by atoms with Crippen molar-refractivity contribution in [2.24, 2.45) is 0 Å². The van der Waals surface area contributed by atoms with Crippen molar-refractivity contribution in [3.8, 4) is 0 Å². The maximum Gasteiger partial charge on any atom is 0.237 e. The molecule has 5 nitrogen and oxygen atoms in total. The smallest absolute Gasteiger partial charge is 0.237 e. The van der Waals surface area contributed by atoms with Crippen LogP contribution >= 0.6 is 23.1 Å². The molecule has 2 amide bonds. The minimum Gasteiger partial charge on any atom is -0.324 e. The summed E-state index contributed by atoms with van der Waals surface area (Å²) in [5, 5.41) is 2.88. The number of nitrogens with one attached hydrogen (secondary N) is 1. The average Bonchev–Trinajstić information content (AvgIpc) is 2.98. The van der Waals surface area contributed by atoms with Gasteiger partial charge in [-0.3, -0.25) is 9.59 Å². The summed E-state index contributed by atoms with van der Waals surface area (Å²) in [6, 6.07) is 15.2. The lowest BCUT2D eigenvalue weighted by molar-refractivity contribution is -0.117. The molecule has 1 aliphatic heterocycles. The second-order valence-corrected chi connectivity index (χ2v) is 8.37. The number of thioether (sulfide) groups is 1. The lowest BCUT2D eigenvalue weighted by atomic mass is 10.2. The predicted molar refractivity (Wildman–Crippen MR) is 107 cm³/mol. The number of para-hydroxylation sites is 3. The molecule has 7 heteroatoms. The van der Waals surface area contributed by atoms with Gasteiger partial charge in [-0.2, -0.15) is 0 Å². The van der Waals surface area contributed by atoms with Gasteiger partial charge in [0.15, 0.2) is 4.34 Å².